The fourth-order valence-corrected chi connectivity index (χ4v) is 2.26. The highest BCUT2D eigenvalue weighted by Gasteiger charge is 2.11. The molecule has 0 aliphatic heterocycles. The Kier molecular flexibility index (Phi) is 7.02. The summed E-state index contributed by atoms with van der Waals surface area (Å²) in [5, 5.41) is 0. The summed E-state index contributed by atoms with van der Waals surface area (Å²) in [4.78, 5) is 12.1. The average Bonchev–Trinajstić information content (AvgIpc) is 2.38. The Morgan fingerprint density at radius 2 is 1.94 bits per heavy atom. The maximum absolute atomic E-state index is 12.1. The topological polar surface area (TPSA) is 26.3 Å². The van der Waals surface area contributed by atoms with Crippen LogP contribution in [-0.2, 0) is 0 Å². The molecule has 2 nitrogen and oxygen atoms in total. The highest BCUT2D eigenvalue weighted by molar-refractivity contribution is 9.10. The highest BCUT2D eigenvalue weighted by atomic mass is 79.9. The molecule has 0 unspecified atom stereocenters. The van der Waals surface area contributed by atoms with Crippen LogP contribution in [-0.4, -0.2) is 12.9 Å². The molecule has 100 valence electrons. The number of ether oxygens (including phenoxy) is 1. The lowest BCUT2D eigenvalue weighted by Gasteiger charge is -2.08. The summed E-state index contributed by atoms with van der Waals surface area (Å²) in [6.07, 6.45) is 6.43. The van der Waals surface area contributed by atoms with Crippen LogP contribution in [0.15, 0.2) is 22.7 Å². The van der Waals surface area contributed by atoms with E-state index >= 15 is 0 Å². The maximum Gasteiger partial charge on any atom is 0.166 e. The van der Waals surface area contributed by atoms with Gasteiger partial charge in [-0.2, -0.15) is 0 Å². The molecule has 3 heteroatoms. The SMILES string of the molecule is CCCCCCCC(=O)c1ccc(Br)cc1OC. The average molecular weight is 313 g/mol. The Labute approximate surface area is 118 Å². The van der Waals surface area contributed by atoms with Crippen molar-refractivity contribution in [1.82, 2.24) is 0 Å². The van der Waals surface area contributed by atoms with Gasteiger partial charge in [0, 0.05) is 10.9 Å². The number of unbranched alkanes of at least 4 members (excludes halogenated alkanes) is 4. The van der Waals surface area contributed by atoms with E-state index in [4.69, 9.17) is 4.74 Å². The van der Waals surface area contributed by atoms with E-state index in [0.717, 1.165) is 17.3 Å². The van der Waals surface area contributed by atoms with Gasteiger partial charge in [-0.15, -0.1) is 0 Å². The zero-order valence-electron chi connectivity index (χ0n) is 11.2. The molecule has 0 spiro atoms. The van der Waals surface area contributed by atoms with E-state index in [-0.39, 0.29) is 5.78 Å². The van der Waals surface area contributed by atoms with Crippen LogP contribution < -0.4 is 4.74 Å². The lowest BCUT2D eigenvalue weighted by molar-refractivity contribution is 0.0976. The Hall–Kier alpha value is -0.830. The third-order valence-electron chi connectivity index (χ3n) is 2.97. The van der Waals surface area contributed by atoms with Crippen LogP contribution in [0.5, 0.6) is 5.75 Å². The summed E-state index contributed by atoms with van der Waals surface area (Å²) in [5.74, 6) is 0.832. The largest absolute Gasteiger partial charge is 0.496 e. The van der Waals surface area contributed by atoms with E-state index in [9.17, 15) is 4.79 Å². The number of hydrogen-bond acceptors (Lipinski definition) is 2. The molecule has 0 N–H and O–H groups in total. The van der Waals surface area contributed by atoms with Gasteiger partial charge in [0.2, 0.25) is 0 Å². The lowest BCUT2D eigenvalue weighted by atomic mass is 10.0. The number of hydrogen-bond donors (Lipinski definition) is 0. The van der Waals surface area contributed by atoms with E-state index in [2.05, 4.69) is 22.9 Å². The number of Topliss-reactive ketones (excluding diaryl/α,β-unsaturated/α-hetero) is 1. The van der Waals surface area contributed by atoms with Crippen LogP contribution in [0.3, 0.4) is 0 Å². The van der Waals surface area contributed by atoms with E-state index < -0.39 is 0 Å². The van der Waals surface area contributed by atoms with Gasteiger partial charge < -0.3 is 4.74 Å². The normalized spacial score (nSPS) is 10.4. The second-order valence-corrected chi connectivity index (χ2v) is 5.35. The first-order chi connectivity index (χ1) is 8.69. The van der Waals surface area contributed by atoms with Crippen LogP contribution >= 0.6 is 15.9 Å². The highest BCUT2D eigenvalue weighted by Crippen LogP contribution is 2.25. The fourth-order valence-electron chi connectivity index (χ4n) is 1.92. The molecule has 0 bridgehead atoms. The minimum atomic E-state index is 0.177. The number of carbonyl (C=O) groups excluding carboxylic acids is 1. The first-order valence-electron chi connectivity index (χ1n) is 6.55. The first kappa shape index (κ1) is 15.2. The molecule has 0 aromatic heterocycles. The van der Waals surface area contributed by atoms with Gasteiger partial charge in [0.05, 0.1) is 12.7 Å². The van der Waals surface area contributed by atoms with Crippen LogP contribution in [0.2, 0.25) is 0 Å². The summed E-state index contributed by atoms with van der Waals surface area (Å²) in [7, 11) is 1.60. The molecule has 18 heavy (non-hydrogen) atoms. The zero-order chi connectivity index (χ0) is 13.4. The fraction of sp³-hybridized carbons (Fsp3) is 0.533. The number of methoxy groups -OCH3 is 1. The van der Waals surface area contributed by atoms with Crippen molar-refractivity contribution >= 4 is 21.7 Å². The van der Waals surface area contributed by atoms with Gasteiger partial charge >= 0.3 is 0 Å². The van der Waals surface area contributed by atoms with Gasteiger partial charge in [0.1, 0.15) is 5.75 Å². The Balaban J connectivity index is 2.51. The Bertz CT molecular complexity index is 388. The van der Waals surface area contributed by atoms with E-state index in [0.29, 0.717) is 17.7 Å². The van der Waals surface area contributed by atoms with Crippen molar-refractivity contribution in [2.75, 3.05) is 7.11 Å². The van der Waals surface area contributed by atoms with Crippen LogP contribution in [0.25, 0.3) is 0 Å². The van der Waals surface area contributed by atoms with E-state index in [1.807, 2.05) is 18.2 Å². The molecular weight excluding hydrogens is 292 g/mol. The van der Waals surface area contributed by atoms with Crippen molar-refractivity contribution in [2.24, 2.45) is 0 Å². The molecule has 0 amide bonds. The summed E-state index contributed by atoms with van der Waals surface area (Å²) in [5.41, 5.74) is 0.691. The van der Waals surface area contributed by atoms with Crippen molar-refractivity contribution in [3.8, 4) is 5.75 Å². The summed E-state index contributed by atoms with van der Waals surface area (Å²) in [6, 6.07) is 5.55. The third-order valence-corrected chi connectivity index (χ3v) is 3.46. The minimum Gasteiger partial charge on any atom is -0.496 e. The van der Waals surface area contributed by atoms with Crippen molar-refractivity contribution in [3.05, 3.63) is 28.2 Å². The van der Waals surface area contributed by atoms with Crippen molar-refractivity contribution in [1.29, 1.82) is 0 Å². The molecule has 0 saturated heterocycles. The summed E-state index contributed by atoms with van der Waals surface area (Å²) in [6.45, 7) is 2.19. The third kappa shape index (κ3) is 4.81. The van der Waals surface area contributed by atoms with E-state index in [1.165, 1.54) is 19.3 Å². The van der Waals surface area contributed by atoms with Gasteiger partial charge in [-0.3, -0.25) is 4.79 Å². The van der Waals surface area contributed by atoms with Gasteiger partial charge in [0.25, 0.3) is 0 Å². The zero-order valence-corrected chi connectivity index (χ0v) is 12.8. The minimum absolute atomic E-state index is 0.177. The number of ketones is 1. The number of benzene rings is 1. The van der Waals surface area contributed by atoms with Crippen molar-refractivity contribution in [3.63, 3.8) is 0 Å². The molecule has 1 aromatic carbocycles. The molecule has 1 aromatic rings. The molecule has 0 heterocycles. The van der Waals surface area contributed by atoms with Crippen LogP contribution in [0, 0.1) is 0 Å². The predicted molar refractivity (Wildman–Crippen MR) is 78.4 cm³/mol. The van der Waals surface area contributed by atoms with Gasteiger partial charge in [-0.1, -0.05) is 48.5 Å². The summed E-state index contributed by atoms with van der Waals surface area (Å²) < 4.78 is 6.17. The lowest BCUT2D eigenvalue weighted by Crippen LogP contribution is -2.02. The molecule has 0 aliphatic rings. The monoisotopic (exact) mass is 312 g/mol. The molecule has 0 radical (unpaired) electrons. The van der Waals surface area contributed by atoms with Crippen molar-refractivity contribution in [2.45, 2.75) is 45.4 Å². The van der Waals surface area contributed by atoms with Gasteiger partial charge in [0.15, 0.2) is 5.78 Å². The molecule has 0 saturated carbocycles. The number of carbonyl (C=O) groups is 1. The second-order valence-electron chi connectivity index (χ2n) is 4.43. The molecule has 0 fully saturated rings. The maximum atomic E-state index is 12.1. The molecule has 0 atom stereocenters. The Morgan fingerprint density at radius 1 is 1.22 bits per heavy atom. The first-order valence-corrected chi connectivity index (χ1v) is 7.35. The predicted octanol–water partition coefficient (Wildman–Crippen LogP) is 5.00. The molecular formula is C15H21BrO2. The van der Waals surface area contributed by atoms with Gasteiger partial charge in [-0.05, 0) is 24.6 Å². The van der Waals surface area contributed by atoms with Crippen LogP contribution in [0.4, 0.5) is 0 Å². The second kappa shape index (κ2) is 8.30. The number of rotatable bonds is 8. The molecule has 0 aliphatic carbocycles. The molecule has 1 rings (SSSR count). The smallest absolute Gasteiger partial charge is 0.166 e. The quantitative estimate of drug-likeness (QED) is 0.498. The van der Waals surface area contributed by atoms with Crippen LogP contribution in [0.1, 0.15) is 55.8 Å². The van der Waals surface area contributed by atoms with Crippen molar-refractivity contribution < 1.29 is 9.53 Å². The van der Waals surface area contributed by atoms with E-state index in [1.54, 1.807) is 7.11 Å². The Morgan fingerprint density at radius 3 is 2.61 bits per heavy atom. The standard InChI is InChI=1S/C15H21BrO2/c1-3-4-5-6-7-8-14(17)13-10-9-12(16)11-15(13)18-2/h9-11H,3-8H2,1-2H3. The number of halogens is 1. The summed E-state index contributed by atoms with van der Waals surface area (Å²) >= 11 is 3.38. The van der Waals surface area contributed by atoms with Gasteiger partial charge in [-0.25, -0.2) is 0 Å².